The average Bonchev–Trinajstić information content (AvgIpc) is 2.37. The molecule has 4 heteroatoms. The molecule has 0 aliphatic carbocycles. The van der Waals surface area contributed by atoms with Crippen molar-refractivity contribution < 1.29 is 14.2 Å². The van der Waals surface area contributed by atoms with Gasteiger partial charge in [-0.3, -0.25) is 0 Å². The third-order valence-electron chi connectivity index (χ3n) is 2.93. The van der Waals surface area contributed by atoms with Gasteiger partial charge < -0.3 is 14.2 Å². The van der Waals surface area contributed by atoms with Crippen molar-refractivity contribution in [3.8, 4) is 5.75 Å². The summed E-state index contributed by atoms with van der Waals surface area (Å²) in [5, 5.41) is 0.807. The average molecular weight is 271 g/mol. The van der Waals surface area contributed by atoms with Gasteiger partial charge in [-0.25, -0.2) is 0 Å². The lowest BCUT2D eigenvalue weighted by Gasteiger charge is -2.23. The van der Waals surface area contributed by atoms with E-state index < -0.39 is 0 Å². The van der Waals surface area contributed by atoms with Gasteiger partial charge in [-0.2, -0.15) is 0 Å². The number of aryl methyl sites for hydroxylation is 2. The van der Waals surface area contributed by atoms with Crippen molar-refractivity contribution in [2.75, 3.05) is 19.8 Å². The second kappa shape index (κ2) is 6.41. The molecule has 0 radical (unpaired) electrons. The molecule has 1 aliphatic heterocycles. The van der Waals surface area contributed by atoms with E-state index in [9.17, 15) is 0 Å². The minimum Gasteiger partial charge on any atom is -0.493 e. The van der Waals surface area contributed by atoms with Crippen LogP contribution in [-0.2, 0) is 9.47 Å². The lowest BCUT2D eigenvalue weighted by Crippen LogP contribution is -2.26. The summed E-state index contributed by atoms with van der Waals surface area (Å²) in [5.74, 6) is 0.852. The predicted molar refractivity (Wildman–Crippen MR) is 71.3 cm³/mol. The SMILES string of the molecule is Cc1cc(OCCC2OCCCO2)cc(C)c1Cl. The molecule has 100 valence electrons. The second-order valence-corrected chi connectivity index (χ2v) is 4.91. The number of hydrogen-bond donors (Lipinski definition) is 0. The normalized spacial score (nSPS) is 16.8. The largest absolute Gasteiger partial charge is 0.493 e. The standard InChI is InChI=1S/C14H19ClO3/c1-10-8-12(9-11(2)14(10)15)16-7-4-13-17-5-3-6-18-13/h8-9,13H,3-7H2,1-2H3. The number of hydrogen-bond acceptors (Lipinski definition) is 3. The number of rotatable bonds is 4. The fourth-order valence-corrected chi connectivity index (χ4v) is 2.07. The van der Waals surface area contributed by atoms with Gasteiger partial charge in [0.1, 0.15) is 5.75 Å². The van der Waals surface area contributed by atoms with Crippen LogP contribution in [0.4, 0.5) is 0 Å². The summed E-state index contributed by atoms with van der Waals surface area (Å²) in [6, 6.07) is 3.91. The summed E-state index contributed by atoms with van der Waals surface area (Å²) >= 11 is 6.11. The molecule has 0 bridgehead atoms. The fourth-order valence-electron chi connectivity index (χ4n) is 1.97. The lowest BCUT2D eigenvalue weighted by atomic mass is 10.1. The quantitative estimate of drug-likeness (QED) is 0.838. The minimum atomic E-state index is -0.117. The molecule has 0 unspecified atom stereocenters. The maximum atomic E-state index is 6.11. The van der Waals surface area contributed by atoms with Crippen molar-refractivity contribution in [1.82, 2.24) is 0 Å². The molecule has 1 fully saturated rings. The Bertz CT molecular complexity index is 377. The number of benzene rings is 1. The Morgan fingerprint density at radius 3 is 2.44 bits per heavy atom. The molecule has 0 saturated carbocycles. The number of ether oxygens (including phenoxy) is 3. The molecule has 1 aromatic carbocycles. The Balaban J connectivity index is 1.82. The van der Waals surface area contributed by atoms with Gasteiger partial charge >= 0.3 is 0 Å². The van der Waals surface area contributed by atoms with Crippen molar-refractivity contribution in [2.24, 2.45) is 0 Å². The molecule has 0 atom stereocenters. The van der Waals surface area contributed by atoms with Gasteiger partial charge in [0.2, 0.25) is 0 Å². The molecule has 1 heterocycles. The molecule has 0 N–H and O–H groups in total. The van der Waals surface area contributed by atoms with Crippen molar-refractivity contribution in [2.45, 2.75) is 33.0 Å². The van der Waals surface area contributed by atoms with E-state index in [1.165, 1.54) is 0 Å². The van der Waals surface area contributed by atoms with E-state index in [-0.39, 0.29) is 6.29 Å². The van der Waals surface area contributed by atoms with Crippen LogP contribution in [0, 0.1) is 13.8 Å². The Morgan fingerprint density at radius 2 is 1.83 bits per heavy atom. The molecule has 2 rings (SSSR count). The van der Waals surface area contributed by atoms with Gasteiger partial charge in [0.05, 0.1) is 19.8 Å². The van der Waals surface area contributed by atoms with E-state index in [2.05, 4.69) is 0 Å². The minimum absolute atomic E-state index is 0.117. The van der Waals surface area contributed by atoms with Crippen LogP contribution in [0.3, 0.4) is 0 Å². The van der Waals surface area contributed by atoms with Gasteiger partial charge in [0.25, 0.3) is 0 Å². The van der Waals surface area contributed by atoms with E-state index in [1.54, 1.807) is 0 Å². The van der Waals surface area contributed by atoms with Crippen LogP contribution in [0.25, 0.3) is 0 Å². The zero-order chi connectivity index (χ0) is 13.0. The van der Waals surface area contributed by atoms with E-state index in [0.29, 0.717) is 6.61 Å². The highest BCUT2D eigenvalue weighted by Gasteiger charge is 2.14. The molecular weight excluding hydrogens is 252 g/mol. The van der Waals surface area contributed by atoms with Crippen LogP contribution in [0.15, 0.2) is 12.1 Å². The number of halogens is 1. The highest BCUT2D eigenvalue weighted by molar-refractivity contribution is 6.32. The first-order valence-electron chi connectivity index (χ1n) is 6.29. The summed E-state index contributed by atoms with van der Waals surface area (Å²) in [7, 11) is 0. The molecule has 0 aromatic heterocycles. The first-order valence-corrected chi connectivity index (χ1v) is 6.67. The van der Waals surface area contributed by atoms with Crippen molar-refractivity contribution in [1.29, 1.82) is 0 Å². The predicted octanol–water partition coefficient (Wildman–Crippen LogP) is 3.49. The fraction of sp³-hybridized carbons (Fsp3) is 0.571. The van der Waals surface area contributed by atoms with Crippen LogP contribution in [0.5, 0.6) is 5.75 Å². The van der Waals surface area contributed by atoms with Gasteiger partial charge in [-0.15, -0.1) is 0 Å². The molecule has 0 amide bonds. The molecule has 1 saturated heterocycles. The molecule has 0 spiro atoms. The molecule has 1 aliphatic rings. The first-order chi connectivity index (χ1) is 8.66. The third-order valence-corrected chi connectivity index (χ3v) is 3.52. The first kappa shape index (κ1) is 13.7. The summed E-state index contributed by atoms with van der Waals surface area (Å²) in [5.41, 5.74) is 2.08. The summed E-state index contributed by atoms with van der Waals surface area (Å²) in [6.07, 6.45) is 1.61. The van der Waals surface area contributed by atoms with Crippen molar-refractivity contribution in [3.05, 3.63) is 28.3 Å². The van der Waals surface area contributed by atoms with Crippen LogP contribution in [0.1, 0.15) is 24.0 Å². The van der Waals surface area contributed by atoms with Gasteiger partial charge in [0, 0.05) is 11.4 Å². The summed E-state index contributed by atoms with van der Waals surface area (Å²) < 4.78 is 16.6. The summed E-state index contributed by atoms with van der Waals surface area (Å²) in [4.78, 5) is 0. The Hall–Kier alpha value is -0.770. The zero-order valence-corrected chi connectivity index (χ0v) is 11.6. The molecule has 18 heavy (non-hydrogen) atoms. The van der Waals surface area contributed by atoms with E-state index >= 15 is 0 Å². The maximum absolute atomic E-state index is 6.11. The van der Waals surface area contributed by atoms with E-state index in [1.807, 2.05) is 26.0 Å². The summed E-state index contributed by atoms with van der Waals surface area (Å²) in [6.45, 7) is 6.12. The van der Waals surface area contributed by atoms with Crippen molar-refractivity contribution >= 4 is 11.6 Å². The van der Waals surface area contributed by atoms with Crippen LogP contribution in [0.2, 0.25) is 5.02 Å². The molecule has 1 aromatic rings. The highest BCUT2D eigenvalue weighted by Crippen LogP contribution is 2.26. The van der Waals surface area contributed by atoms with E-state index in [0.717, 1.165) is 48.0 Å². The van der Waals surface area contributed by atoms with Crippen LogP contribution < -0.4 is 4.74 Å². The van der Waals surface area contributed by atoms with Crippen molar-refractivity contribution in [3.63, 3.8) is 0 Å². The second-order valence-electron chi connectivity index (χ2n) is 4.53. The topological polar surface area (TPSA) is 27.7 Å². The Morgan fingerprint density at radius 1 is 1.22 bits per heavy atom. The Labute approximate surface area is 113 Å². The third kappa shape index (κ3) is 3.61. The molecule has 3 nitrogen and oxygen atoms in total. The van der Waals surface area contributed by atoms with Gasteiger partial charge in [-0.1, -0.05) is 11.6 Å². The van der Waals surface area contributed by atoms with Crippen LogP contribution in [-0.4, -0.2) is 26.1 Å². The molecular formula is C14H19ClO3. The zero-order valence-electron chi connectivity index (χ0n) is 10.9. The highest BCUT2D eigenvalue weighted by atomic mass is 35.5. The van der Waals surface area contributed by atoms with Gasteiger partial charge in [0.15, 0.2) is 6.29 Å². The monoisotopic (exact) mass is 270 g/mol. The smallest absolute Gasteiger partial charge is 0.160 e. The van der Waals surface area contributed by atoms with Gasteiger partial charge in [-0.05, 0) is 43.5 Å². The lowest BCUT2D eigenvalue weighted by molar-refractivity contribution is -0.183. The Kier molecular flexibility index (Phi) is 4.87. The maximum Gasteiger partial charge on any atom is 0.160 e. The van der Waals surface area contributed by atoms with E-state index in [4.69, 9.17) is 25.8 Å². The van der Waals surface area contributed by atoms with Crippen LogP contribution >= 0.6 is 11.6 Å².